The Hall–Kier alpha value is -1.34. The number of amides is 1. The summed E-state index contributed by atoms with van der Waals surface area (Å²) in [6, 6.07) is 0. The van der Waals surface area contributed by atoms with Gasteiger partial charge in [0.25, 0.3) is 0 Å². The first kappa shape index (κ1) is 16.7. The molecule has 0 radical (unpaired) electrons. The SMILES string of the molecule is CC(C)(C)OC(=O)N1CC(ON)(C(=O)OC(C)(C)C)C1. The van der Waals surface area contributed by atoms with Crippen LogP contribution >= 0.6 is 0 Å². The molecule has 1 aliphatic heterocycles. The molecule has 7 nitrogen and oxygen atoms in total. The first-order valence-electron chi connectivity index (χ1n) is 6.48. The third kappa shape index (κ3) is 4.08. The quantitative estimate of drug-likeness (QED) is 0.606. The summed E-state index contributed by atoms with van der Waals surface area (Å²) in [5.74, 6) is 4.62. The summed E-state index contributed by atoms with van der Waals surface area (Å²) < 4.78 is 10.4. The Labute approximate surface area is 119 Å². The molecule has 0 unspecified atom stereocenters. The molecule has 0 aromatic heterocycles. The van der Waals surface area contributed by atoms with E-state index < -0.39 is 28.9 Å². The zero-order valence-corrected chi connectivity index (χ0v) is 13.0. The second kappa shape index (κ2) is 5.21. The molecule has 1 aliphatic rings. The Balaban J connectivity index is 2.62. The van der Waals surface area contributed by atoms with Gasteiger partial charge in [0.2, 0.25) is 5.60 Å². The van der Waals surface area contributed by atoms with E-state index >= 15 is 0 Å². The maximum Gasteiger partial charge on any atom is 0.410 e. The van der Waals surface area contributed by atoms with Crippen LogP contribution in [0.2, 0.25) is 0 Å². The van der Waals surface area contributed by atoms with Crippen molar-refractivity contribution in [2.45, 2.75) is 58.3 Å². The van der Waals surface area contributed by atoms with Gasteiger partial charge in [-0.1, -0.05) is 0 Å². The molecule has 20 heavy (non-hydrogen) atoms. The summed E-state index contributed by atoms with van der Waals surface area (Å²) in [6.45, 7) is 10.6. The highest BCUT2D eigenvalue weighted by Crippen LogP contribution is 2.28. The molecule has 0 spiro atoms. The number of ether oxygens (including phenoxy) is 2. The summed E-state index contributed by atoms with van der Waals surface area (Å²) in [7, 11) is 0. The summed E-state index contributed by atoms with van der Waals surface area (Å²) in [6.07, 6.45) is -0.506. The minimum atomic E-state index is -1.30. The van der Waals surface area contributed by atoms with Crippen LogP contribution in [0, 0.1) is 0 Å². The lowest BCUT2D eigenvalue weighted by molar-refractivity contribution is -0.205. The number of likely N-dealkylation sites (tertiary alicyclic amines) is 1. The van der Waals surface area contributed by atoms with E-state index in [0.29, 0.717) is 0 Å². The highest BCUT2D eigenvalue weighted by molar-refractivity contribution is 5.85. The van der Waals surface area contributed by atoms with E-state index in [4.69, 9.17) is 20.2 Å². The average Bonchev–Trinajstić information content (AvgIpc) is 2.10. The molecule has 0 aromatic rings. The highest BCUT2D eigenvalue weighted by atomic mass is 16.7. The number of rotatable bonds is 2. The van der Waals surface area contributed by atoms with Crippen LogP contribution < -0.4 is 5.90 Å². The second-order valence-electron chi connectivity index (χ2n) is 6.95. The fourth-order valence-corrected chi connectivity index (χ4v) is 1.65. The van der Waals surface area contributed by atoms with E-state index in [1.54, 1.807) is 41.5 Å². The molecule has 0 aromatic carbocycles. The van der Waals surface area contributed by atoms with Crippen molar-refractivity contribution in [1.29, 1.82) is 0 Å². The van der Waals surface area contributed by atoms with Gasteiger partial charge in [0, 0.05) is 0 Å². The smallest absolute Gasteiger partial charge is 0.410 e. The molecular weight excluding hydrogens is 264 g/mol. The van der Waals surface area contributed by atoms with Crippen molar-refractivity contribution in [3.63, 3.8) is 0 Å². The predicted molar refractivity (Wildman–Crippen MR) is 71.7 cm³/mol. The molecule has 0 aliphatic carbocycles. The Kier molecular flexibility index (Phi) is 4.36. The van der Waals surface area contributed by atoms with E-state index in [0.717, 1.165) is 0 Å². The fourth-order valence-electron chi connectivity index (χ4n) is 1.65. The lowest BCUT2D eigenvalue weighted by atomic mass is 9.94. The Morgan fingerprint density at radius 1 is 1.00 bits per heavy atom. The second-order valence-corrected chi connectivity index (χ2v) is 6.95. The minimum absolute atomic E-state index is 0.0212. The van der Waals surface area contributed by atoms with Gasteiger partial charge < -0.3 is 14.4 Å². The van der Waals surface area contributed by atoms with Gasteiger partial charge in [-0.25, -0.2) is 15.5 Å². The van der Waals surface area contributed by atoms with E-state index in [2.05, 4.69) is 0 Å². The molecule has 1 amide bonds. The Morgan fingerprint density at radius 3 is 1.80 bits per heavy atom. The summed E-state index contributed by atoms with van der Waals surface area (Å²) in [5, 5.41) is 0. The largest absolute Gasteiger partial charge is 0.458 e. The van der Waals surface area contributed by atoms with Gasteiger partial charge in [-0.15, -0.1) is 0 Å². The van der Waals surface area contributed by atoms with Gasteiger partial charge in [0.15, 0.2) is 0 Å². The van der Waals surface area contributed by atoms with Crippen LogP contribution in [0.1, 0.15) is 41.5 Å². The van der Waals surface area contributed by atoms with Crippen molar-refractivity contribution < 1.29 is 23.9 Å². The summed E-state index contributed by atoms with van der Waals surface area (Å²) in [5.41, 5.74) is -2.54. The average molecular weight is 288 g/mol. The summed E-state index contributed by atoms with van der Waals surface area (Å²) >= 11 is 0. The standard InChI is InChI=1S/C13H24N2O5/c1-11(2,3)18-9(16)13(20-14)7-15(8-13)10(17)19-12(4,5)6/h7-8,14H2,1-6H3. The van der Waals surface area contributed by atoms with E-state index in [1.807, 2.05) is 0 Å². The van der Waals surface area contributed by atoms with Gasteiger partial charge >= 0.3 is 12.1 Å². The number of nitrogens with two attached hydrogens (primary N) is 1. The van der Waals surface area contributed by atoms with Gasteiger partial charge in [0.1, 0.15) is 11.2 Å². The maximum absolute atomic E-state index is 12.0. The third-order valence-electron chi connectivity index (χ3n) is 2.54. The Bertz CT molecular complexity index is 389. The predicted octanol–water partition coefficient (Wildman–Crippen LogP) is 1.21. The monoisotopic (exact) mass is 288 g/mol. The number of hydrogen-bond donors (Lipinski definition) is 1. The van der Waals surface area contributed by atoms with E-state index in [9.17, 15) is 9.59 Å². The molecule has 7 heteroatoms. The highest BCUT2D eigenvalue weighted by Gasteiger charge is 2.55. The van der Waals surface area contributed by atoms with E-state index in [1.165, 1.54) is 4.90 Å². The molecule has 0 atom stereocenters. The molecule has 1 saturated heterocycles. The van der Waals surface area contributed by atoms with Gasteiger partial charge in [0.05, 0.1) is 13.1 Å². The fraction of sp³-hybridized carbons (Fsp3) is 0.846. The lowest BCUT2D eigenvalue weighted by Crippen LogP contribution is -2.70. The van der Waals surface area contributed by atoms with Crippen LogP contribution in [-0.4, -0.2) is 46.9 Å². The van der Waals surface area contributed by atoms with E-state index in [-0.39, 0.29) is 13.1 Å². The van der Waals surface area contributed by atoms with Crippen LogP contribution in [0.3, 0.4) is 0 Å². The van der Waals surface area contributed by atoms with Gasteiger partial charge in [-0.05, 0) is 41.5 Å². The zero-order chi connectivity index (χ0) is 15.8. The van der Waals surface area contributed by atoms with Crippen LogP contribution in [0.25, 0.3) is 0 Å². The van der Waals surface area contributed by atoms with Gasteiger partial charge in [-0.3, -0.25) is 4.84 Å². The molecule has 2 N–H and O–H groups in total. The molecule has 1 rings (SSSR count). The van der Waals surface area contributed by atoms with Crippen molar-refractivity contribution in [2.24, 2.45) is 5.90 Å². The molecule has 116 valence electrons. The van der Waals surface area contributed by atoms with Crippen LogP contribution in [-0.2, 0) is 19.1 Å². The van der Waals surface area contributed by atoms with Crippen molar-refractivity contribution in [2.75, 3.05) is 13.1 Å². The van der Waals surface area contributed by atoms with Crippen LogP contribution in [0.15, 0.2) is 0 Å². The lowest BCUT2D eigenvalue weighted by Gasteiger charge is -2.46. The Morgan fingerprint density at radius 2 is 1.45 bits per heavy atom. The number of carbonyl (C=O) groups excluding carboxylic acids is 2. The number of esters is 1. The molecule has 0 saturated carbocycles. The number of nitrogens with zero attached hydrogens (tertiary/aromatic N) is 1. The third-order valence-corrected chi connectivity index (χ3v) is 2.54. The topological polar surface area (TPSA) is 91.1 Å². The van der Waals surface area contributed by atoms with Crippen molar-refractivity contribution >= 4 is 12.1 Å². The number of hydrogen-bond acceptors (Lipinski definition) is 6. The maximum atomic E-state index is 12.0. The first-order chi connectivity index (χ1) is 8.88. The minimum Gasteiger partial charge on any atom is -0.458 e. The molecule has 1 fully saturated rings. The van der Waals surface area contributed by atoms with Crippen LogP contribution in [0.4, 0.5) is 4.79 Å². The normalized spacial score (nSPS) is 18.2. The number of carbonyl (C=O) groups is 2. The first-order valence-corrected chi connectivity index (χ1v) is 6.48. The van der Waals surface area contributed by atoms with Crippen molar-refractivity contribution in [3.8, 4) is 0 Å². The van der Waals surface area contributed by atoms with Crippen LogP contribution in [0.5, 0.6) is 0 Å². The molecule has 1 heterocycles. The van der Waals surface area contributed by atoms with Crippen molar-refractivity contribution in [3.05, 3.63) is 0 Å². The van der Waals surface area contributed by atoms with Gasteiger partial charge in [-0.2, -0.15) is 0 Å². The summed E-state index contributed by atoms with van der Waals surface area (Å²) in [4.78, 5) is 30.0. The molecule has 0 bridgehead atoms. The molecular formula is C13H24N2O5. The van der Waals surface area contributed by atoms with Crippen molar-refractivity contribution in [1.82, 2.24) is 4.90 Å². The zero-order valence-electron chi connectivity index (χ0n) is 13.0.